The third-order valence-corrected chi connectivity index (χ3v) is 4.87. The first-order chi connectivity index (χ1) is 12.2. The van der Waals surface area contributed by atoms with Crippen LogP contribution in [0, 0.1) is 0 Å². The average Bonchev–Trinajstić information content (AvgIpc) is 3.08. The molecule has 1 unspecified atom stereocenters. The molecule has 3 aromatic rings. The minimum Gasteiger partial charge on any atom is -0.345 e. The van der Waals surface area contributed by atoms with E-state index in [1.54, 1.807) is 12.4 Å². The summed E-state index contributed by atoms with van der Waals surface area (Å²) in [5.74, 6) is 0.0484. The maximum atomic E-state index is 12.9. The van der Waals surface area contributed by atoms with Crippen molar-refractivity contribution in [2.45, 2.75) is 19.5 Å². The molecular formula is C19H21N5O. The van der Waals surface area contributed by atoms with Crippen LogP contribution in [-0.4, -0.2) is 56.3 Å². The van der Waals surface area contributed by atoms with E-state index in [1.807, 2.05) is 11.0 Å². The van der Waals surface area contributed by atoms with E-state index in [9.17, 15) is 4.79 Å². The number of H-pyrrole nitrogens is 1. The molecule has 0 bridgehead atoms. The first-order valence-corrected chi connectivity index (χ1v) is 8.56. The molecule has 1 aliphatic rings. The van der Waals surface area contributed by atoms with Gasteiger partial charge in [-0.05, 0) is 12.5 Å². The SMILES string of the molecule is CC1CN(C(=O)c2c[nH]c3ncncc23)CCN1Cc1ccccc1. The van der Waals surface area contributed by atoms with Gasteiger partial charge >= 0.3 is 0 Å². The highest BCUT2D eigenvalue weighted by atomic mass is 16.2. The van der Waals surface area contributed by atoms with E-state index in [0.29, 0.717) is 17.3 Å². The van der Waals surface area contributed by atoms with E-state index in [4.69, 9.17) is 0 Å². The Labute approximate surface area is 146 Å². The second-order valence-corrected chi connectivity index (χ2v) is 6.54. The fourth-order valence-corrected chi connectivity index (χ4v) is 3.44. The van der Waals surface area contributed by atoms with E-state index in [-0.39, 0.29) is 5.91 Å². The van der Waals surface area contributed by atoms with Gasteiger partial charge in [0.25, 0.3) is 5.91 Å². The number of nitrogens with zero attached hydrogens (tertiary/aromatic N) is 4. The summed E-state index contributed by atoms with van der Waals surface area (Å²) >= 11 is 0. The Balaban J connectivity index is 1.46. The average molecular weight is 335 g/mol. The number of aromatic amines is 1. The summed E-state index contributed by atoms with van der Waals surface area (Å²) in [6, 6.07) is 10.8. The number of rotatable bonds is 3. The monoisotopic (exact) mass is 335 g/mol. The van der Waals surface area contributed by atoms with Crippen LogP contribution in [-0.2, 0) is 6.54 Å². The molecule has 1 aromatic carbocycles. The summed E-state index contributed by atoms with van der Waals surface area (Å²) in [6.07, 6.45) is 4.92. The Morgan fingerprint density at radius 1 is 1.28 bits per heavy atom. The first kappa shape index (κ1) is 15.8. The summed E-state index contributed by atoms with van der Waals surface area (Å²) in [5, 5.41) is 0.784. The van der Waals surface area contributed by atoms with Crippen LogP contribution < -0.4 is 0 Å². The zero-order chi connectivity index (χ0) is 17.2. The van der Waals surface area contributed by atoms with Gasteiger partial charge in [-0.2, -0.15) is 0 Å². The number of amides is 1. The third-order valence-electron chi connectivity index (χ3n) is 4.87. The van der Waals surface area contributed by atoms with Crippen LogP contribution in [0.25, 0.3) is 11.0 Å². The number of nitrogens with one attached hydrogen (secondary N) is 1. The lowest BCUT2D eigenvalue weighted by molar-refractivity contribution is 0.0497. The highest BCUT2D eigenvalue weighted by Gasteiger charge is 2.28. The Morgan fingerprint density at radius 2 is 2.12 bits per heavy atom. The molecule has 25 heavy (non-hydrogen) atoms. The summed E-state index contributed by atoms with van der Waals surface area (Å²) in [6.45, 7) is 5.44. The molecule has 4 rings (SSSR count). The lowest BCUT2D eigenvalue weighted by Crippen LogP contribution is -2.53. The van der Waals surface area contributed by atoms with E-state index in [0.717, 1.165) is 31.6 Å². The Bertz CT molecular complexity index is 876. The van der Waals surface area contributed by atoms with Gasteiger partial charge in [0.05, 0.1) is 5.56 Å². The van der Waals surface area contributed by atoms with Crippen LogP contribution in [0.15, 0.2) is 49.1 Å². The molecule has 1 N–H and O–H groups in total. The molecule has 2 aromatic heterocycles. The van der Waals surface area contributed by atoms with Crippen LogP contribution in [0.1, 0.15) is 22.8 Å². The molecule has 1 atom stereocenters. The standard InChI is InChI=1S/C19H21N5O/c1-14-11-24(8-7-23(14)12-15-5-3-2-4-6-15)19(25)17-10-21-18-16(17)9-20-13-22-18/h2-6,9-10,13-14H,7-8,11-12H2,1H3,(H,20,21,22). The zero-order valence-electron chi connectivity index (χ0n) is 14.2. The molecule has 1 aliphatic heterocycles. The topological polar surface area (TPSA) is 65.1 Å². The molecule has 1 amide bonds. The summed E-state index contributed by atoms with van der Waals surface area (Å²) in [7, 11) is 0. The normalized spacial score (nSPS) is 18.6. The predicted octanol–water partition coefficient (Wildman–Crippen LogP) is 2.30. The second-order valence-electron chi connectivity index (χ2n) is 6.54. The van der Waals surface area contributed by atoms with Gasteiger partial charge < -0.3 is 9.88 Å². The van der Waals surface area contributed by atoms with Gasteiger partial charge in [-0.3, -0.25) is 9.69 Å². The number of carbonyl (C=O) groups excluding carboxylic acids is 1. The zero-order valence-corrected chi connectivity index (χ0v) is 14.2. The second kappa shape index (κ2) is 6.64. The van der Waals surface area contributed by atoms with Crippen LogP contribution in [0.4, 0.5) is 0 Å². The summed E-state index contributed by atoms with van der Waals surface area (Å²) in [5.41, 5.74) is 2.66. The van der Waals surface area contributed by atoms with Crippen LogP contribution >= 0.6 is 0 Å². The van der Waals surface area contributed by atoms with E-state index in [1.165, 1.54) is 11.9 Å². The minimum absolute atomic E-state index is 0.0484. The Kier molecular flexibility index (Phi) is 4.19. The van der Waals surface area contributed by atoms with E-state index < -0.39 is 0 Å². The van der Waals surface area contributed by atoms with Gasteiger partial charge in [-0.25, -0.2) is 9.97 Å². The van der Waals surface area contributed by atoms with E-state index in [2.05, 4.69) is 51.0 Å². The number of piperazine rings is 1. The van der Waals surface area contributed by atoms with Gasteiger partial charge in [-0.1, -0.05) is 30.3 Å². The maximum absolute atomic E-state index is 12.9. The molecule has 1 fully saturated rings. The number of fused-ring (bicyclic) bond motifs is 1. The van der Waals surface area contributed by atoms with Crippen LogP contribution in [0.5, 0.6) is 0 Å². The van der Waals surface area contributed by atoms with Crippen LogP contribution in [0.3, 0.4) is 0 Å². The van der Waals surface area contributed by atoms with Crippen molar-refractivity contribution in [3.8, 4) is 0 Å². The summed E-state index contributed by atoms with van der Waals surface area (Å²) < 4.78 is 0. The molecule has 3 heterocycles. The lowest BCUT2D eigenvalue weighted by atomic mass is 10.1. The summed E-state index contributed by atoms with van der Waals surface area (Å²) in [4.78, 5) is 28.5. The molecule has 1 saturated heterocycles. The number of hydrogen-bond donors (Lipinski definition) is 1. The van der Waals surface area contributed by atoms with Crippen molar-refractivity contribution >= 4 is 16.9 Å². The number of hydrogen-bond acceptors (Lipinski definition) is 4. The Hall–Kier alpha value is -2.73. The van der Waals surface area contributed by atoms with Crippen LogP contribution in [0.2, 0.25) is 0 Å². The lowest BCUT2D eigenvalue weighted by Gasteiger charge is -2.39. The van der Waals surface area contributed by atoms with Crippen molar-refractivity contribution in [1.82, 2.24) is 24.8 Å². The number of carbonyl (C=O) groups is 1. The maximum Gasteiger partial charge on any atom is 0.256 e. The highest BCUT2D eigenvalue weighted by molar-refractivity contribution is 6.05. The molecule has 0 saturated carbocycles. The molecule has 6 nitrogen and oxygen atoms in total. The fourth-order valence-electron chi connectivity index (χ4n) is 3.44. The van der Waals surface area contributed by atoms with Crippen molar-refractivity contribution in [2.75, 3.05) is 19.6 Å². The smallest absolute Gasteiger partial charge is 0.256 e. The van der Waals surface area contributed by atoms with Crippen molar-refractivity contribution < 1.29 is 4.79 Å². The predicted molar refractivity (Wildman–Crippen MR) is 96.1 cm³/mol. The van der Waals surface area contributed by atoms with Crippen molar-refractivity contribution in [3.63, 3.8) is 0 Å². The fraction of sp³-hybridized carbons (Fsp3) is 0.316. The van der Waals surface area contributed by atoms with Gasteiger partial charge in [0.2, 0.25) is 0 Å². The molecule has 6 heteroatoms. The minimum atomic E-state index is 0.0484. The van der Waals surface area contributed by atoms with E-state index >= 15 is 0 Å². The van der Waals surface area contributed by atoms with Crippen molar-refractivity contribution in [3.05, 3.63) is 60.2 Å². The highest BCUT2D eigenvalue weighted by Crippen LogP contribution is 2.20. The van der Waals surface area contributed by atoms with Gasteiger partial charge in [0.15, 0.2) is 0 Å². The third kappa shape index (κ3) is 3.13. The van der Waals surface area contributed by atoms with Crippen molar-refractivity contribution in [2.24, 2.45) is 0 Å². The largest absolute Gasteiger partial charge is 0.345 e. The molecule has 0 radical (unpaired) electrons. The van der Waals surface area contributed by atoms with Gasteiger partial charge in [-0.15, -0.1) is 0 Å². The molecule has 128 valence electrons. The number of aromatic nitrogens is 3. The first-order valence-electron chi connectivity index (χ1n) is 8.56. The number of benzene rings is 1. The molecule has 0 spiro atoms. The Morgan fingerprint density at radius 3 is 2.92 bits per heavy atom. The van der Waals surface area contributed by atoms with Gasteiger partial charge in [0, 0.05) is 50.0 Å². The van der Waals surface area contributed by atoms with Crippen molar-refractivity contribution in [1.29, 1.82) is 0 Å². The molecule has 0 aliphatic carbocycles. The quantitative estimate of drug-likeness (QED) is 0.798. The molecular weight excluding hydrogens is 314 g/mol. The van der Waals surface area contributed by atoms with Gasteiger partial charge in [0.1, 0.15) is 12.0 Å².